The quantitative estimate of drug-likeness (QED) is 0.488. The molecular weight excluding hydrogens is 158 g/mol. The topological polar surface area (TPSA) is 49.3 Å². The van der Waals surface area contributed by atoms with Crippen LogP contribution >= 0.6 is 0 Å². The number of hydrogen-bond donors (Lipinski definition) is 2. The number of rotatable bonds is 4. The minimum Gasteiger partial charge on any atom is -0.432 e. The Morgan fingerprint density at radius 1 is 1.55 bits per heavy atom. The first-order chi connectivity index (χ1) is 4.92. The lowest BCUT2D eigenvalue weighted by molar-refractivity contribution is -0.118. The average Bonchev–Trinajstić information content (AvgIpc) is 1.78. The molecule has 0 aromatic rings. The lowest BCUT2D eigenvalue weighted by atomic mass is 10.5. The first kappa shape index (κ1) is 10.6. The molecule has 0 bridgehead atoms. The summed E-state index contributed by atoms with van der Waals surface area (Å²) in [6.45, 7) is 6.00. The van der Waals surface area contributed by atoms with Gasteiger partial charge in [-0.05, 0) is 25.6 Å². The van der Waals surface area contributed by atoms with Gasteiger partial charge in [-0.25, -0.2) is 0 Å². The highest BCUT2D eigenvalue weighted by molar-refractivity contribution is 6.69. The molecule has 1 amide bonds. The van der Waals surface area contributed by atoms with E-state index in [0.29, 0.717) is 6.54 Å². The van der Waals surface area contributed by atoms with Gasteiger partial charge in [-0.15, -0.1) is 0 Å². The van der Waals surface area contributed by atoms with Crippen LogP contribution in [0.2, 0.25) is 19.1 Å². The van der Waals surface area contributed by atoms with Crippen molar-refractivity contribution < 1.29 is 9.59 Å². The molecule has 3 nitrogen and oxygen atoms in total. The molecule has 4 heteroatoms. The van der Waals surface area contributed by atoms with Crippen LogP contribution in [0.15, 0.2) is 0 Å². The van der Waals surface area contributed by atoms with E-state index in [2.05, 4.69) is 5.32 Å². The van der Waals surface area contributed by atoms with Crippen molar-refractivity contribution >= 4 is 14.2 Å². The molecule has 2 N–H and O–H groups in total. The molecule has 0 saturated carbocycles. The second-order valence-electron chi connectivity index (χ2n) is 3.40. The summed E-state index contributed by atoms with van der Waals surface area (Å²) in [7, 11) is -1.88. The summed E-state index contributed by atoms with van der Waals surface area (Å²) >= 11 is 0. The van der Waals surface area contributed by atoms with Crippen molar-refractivity contribution in [2.75, 3.05) is 6.54 Å². The average molecular weight is 175 g/mol. The molecule has 66 valence electrons. The van der Waals surface area contributed by atoms with Gasteiger partial charge in [0.25, 0.3) is 0 Å². The molecule has 0 atom stereocenters. The molecule has 0 heterocycles. The molecule has 0 rings (SSSR count). The maximum atomic E-state index is 10.4. The third kappa shape index (κ3) is 9.65. The zero-order chi connectivity index (χ0) is 8.91. The molecule has 0 spiro atoms. The van der Waals surface area contributed by atoms with E-state index in [1.807, 2.05) is 13.1 Å². The van der Waals surface area contributed by atoms with Gasteiger partial charge in [0.15, 0.2) is 8.32 Å². The van der Waals surface area contributed by atoms with E-state index < -0.39 is 8.32 Å². The van der Waals surface area contributed by atoms with Gasteiger partial charge < -0.3 is 10.1 Å². The molecule has 0 aliphatic heterocycles. The smallest absolute Gasteiger partial charge is 0.216 e. The first-order valence-corrected chi connectivity index (χ1v) is 7.04. The Bertz CT molecular complexity index is 131. The first-order valence-electron chi connectivity index (χ1n) is 3.88. The van der Waals surface area contributed by atoms with Crippen molar-refractivity contribution in [2.24, 2.45) is 0 Å². The van der Waals surface area contributed by atoms with Crippen LogP contribution in [0.3, 0.4) is 0 Å². The monoisotopic (exact) mass is 175 g/mol. The van der Waals surface area contributed by atoms with E-state index in [4.69, 9.17) is 0 Å². The van der Waals surface area contributed by atoms with E-state index in [1.165, 1.54) is 6.92 Å². The Kier molecular flexibility index (Phi) is 4.36. The summed E-state index contributed by atoms with van der Waals surface area (Å²) in [6.07, 6.45) is 0.884. The second-order valence-corrected chi connectivity index (χ2v) is 7.52. The molecule has 0 aliphatic carbocycles. The van der Waals surface area contributed by atoms with E-state index >= 15 is 0 Å². The van der Waals surface area contributed by atoms with Gasteiger partial charge in [0.2, 0.25) is 5.91 Å². The molecule has 0 aromatic heterocycles. The Hall–Kier alpha value is -0.353. The summed E-state index contributed by atoms with van der Waals surface area (Å²) in [5.74, 6) is 0.00223. The van der Waals surface area contributed by atoms with Crippen LogP contribution in [0.1, 0.15) is 13.3 Å². The number of amides is 1. The van der Waals surface area contributed by atoms with Gasteiger partial charge >= 0.3 is 0 Å². The van der Waals surface area contributed by atoms with Gasteiger partial charge in [-0.2, -0.15) is 0 Å². The molecule has 0 fully saturated rings. The fourth-order valence-electron chi connectivity index (χ4n) is 0.785. The fraction of sp³-hybridized carbons (Fsp3) is 0.857. The standard InChI is InChI=1S/C7H17NO2Si/c1-7(9)8-5-4-6-11(2,3)10/h10H,4-6H2,1-3H3,(H,8,9). The third-order valence-corrected chi connectivity index (χ3v) is 2.92. The van der Waals surface area contributed by atoms with Crippen molar-refractivity contribution in [2.45, 2.75) is 32.5 Å². The van der Waals surface area contributed by atoms with Crippen LogP contribution < -0.4 is 5.32 Å². The van der Waals surface area contributed by atoms with Crippen LogP contribution in [0.4, 0.5) is 0 Å². The number of hydrogen-bond acceptors (Lipinski definition) is 2. The molecule has 11 heavy (non-hydrogen) atoms. The van der Waals surface area contributed by atoms with Crippen LogP contribution in [-0.2, 0) is 4.79 Å². The zero-order valence-corrected chi connectivity index (χ0v) is 8.48. The van der Waals surface area contributed by atoms with E-state index in [0.717, 1.165) is 12.5 Å². The molecule has 0 radical (unpaired) electrons. The maximum absolute atomic E-state index is 10.4. The van der Waals surface area contributed by atoms with E-state index in [9.17, 15) is 9.59 Å². The number of carbonyl (C=O) groups excluding carboxylic acids is 1. The van der Waals surface area contributed by atoms with Gasteiger partial charge in [-0.1, -0.05) is 0 Å². The Morgan fingerprint density at radius 2 is 2.09 bits per heavy atom. The predicted molar refractivity (Wildman–Crippen MR) is 47.8 cm³/mol. The molecule has 0 aromatic carbocycles. The SMILES string of the molecule is CC(=O)NCCC[Si](C)(C)O. The van der Waals surface area contributed by atoms with Crippen LogP contribution in [0.5, 0.6) is 0 Å². The maximum Gasteiger partial charge on any atom is 0.216 e. The second kappa shape index (κ2) is 4.51. The highest BCUT2D eigenvalue weighted by Gasteiger charge is 2.15. The Morgan fingerprint density at radius 3 is 2.45 bits per heavy atom. The van der Waals surface area contributed by atoms with Crippen LogP contribution in [-0.4, -0.2) is 25.6 Å². The molecule has 0 saturated heterocycles. The van der Waals surface area contributed by atoms with E-state index in [-0.39, 0.29) is 5.91 Å². The highest BCUT2D eigenvalue weighted by Crippen LogP contribution is 2.05. The van der Waals surface area contributed by atoms with Gasteiger partial charge in [0.05, 0.1) is 0 Å². The largest absolute Gasteiger partial charge is 0.432 e. The molecular formula is C7H17NO2Si. The highest BCUT2D eigenvalue weighted by atomic mass is 28.4. The number of carbonyl (C=O) groups is 1. The summed E-state index contributed by atoms with van der Waals surface area (Å²) in [5, 5.41) is 2.69. The van der Waals surface area contributed by atoms with E-state index in [1.54, 1.807) is 0 Å². The fourth-order valence-corrected chi connectivity index (χ4v) is 1.83. The minimum absolute atomic E-state index is 0.00223. The van der Waals surface area contributed by atoms with Gasteiger partial charge in [0.1, 0.15) is 0 Å². The van der Waals surface area contributed by atoms with Crippen LogP contribution in [0, 0.1) is 0 Å². The van der Waals surface area contributed by atoms with Crippen LogP contribution in [0.25, 0.3) is 0 Å². The third-order valence-electron chi connectivity index (χ3n) is 1.34. The summed E-state index contributed by atoms with van der Waals surface area (Å²) in [6, 6.07) is 0.854. The Labute approximate surface area is 68.9 Å². The zero-order valence-electron chi connectivity index (χ0n) is 7.48. The molecule has 0 unspecified atom stereocenters. The van der Waals surface area contributed by atoms with Crippen molar-refractivity contribution in [1.29, 1.82) is 0 Å². The Balaban J connectivity index is 3.22. The van der Waals surface area contributed by atoms with Crippen molar-refractivity contribution in [3.8, 4) is 0 Å². The predicted octanol–water partition coefficient (Wildman–Crippen LogP) is 0.710. The minimum atomic E-state index is -1.88. The van der Waals surface area contributed by atoms with Crippen molar-refractivity contribution in [3.05, 3.63) is 0 Å². The normalized spacial score (nSPS) is 11.3. The summed E-state index contributed by atoms with van der Waals surface area (Å²) in [4.78, 5) is 19.8. The lowest BCUT2D eigenvalue weighted by Gasteiger charge is -2.12. The molecule has 0 aliphatic rings. The summed E-state index contributed by atoms with van der Waals surface area (Å²) in [5.41, 5.74) is 0. The van der Waals surface area contributed by atoms with Crippen molar-refractivity contribution in [1.82, 2.24) is 5.32 Å². The van der Waals surface area contributed by atoms with Gasteiger partial charge in [0, 0.05) is 13.5 Å². The summed E-state index contributed by atoms with van der Waals surface area (Å²) < 4.78 is 0. The van der Waals surface area contributed by atoms with Gasteiger partial charge in [-0.3, -0.25) is 4.79 Å². The number of nitrogens with one attached hydrogen (secondary N) is 1. The van der Waals surface area contributed by atoms with Crippen molar-refractivity contribution in [3.63, 3.8) is 0 Å². The lowest BCUT2D eigenvalue weighted by Crippen LogP contribution is -2.28.